The van der Waals surface area contributed by atoms with Crippen molar-refractivity contribution >= 4 is 39.8 Å². The summed E-state index contributed by atoms with van der Waals surface area (Å²) in [4.78, 5) is 35.4. The lowest BCUT2D eigenvalue weighted by Crippen LogP contribution is -2.42. The normalized spacial score (nSPS) is 15.2. The molecule has 0 atom stereocenters. The van der Waals surface area contributed by atoms with E-state index in [1.54, 1.807) is 24.5 Å². The van der Waals surface area contributed by atoms with Gasteiger partial charge in [0.1, 0.15) is 11.1 Å². The van der Waals surface area contributed by atoms with Crippen molar-refractivity contribution in [2.75, 3.05) is 17.7 Å². The molecule has 2 aromatic heterocycles. The lowest BCUT2D eigenvalue weighted by Gasteiger charge is -2.40. The second kappa shape index (κ2) is 7.15. The Morgan fingerprint density at radius 2 is 1.93 bits per heavy atom. The van der Waals surface area contributed by atoms with Crippen LogP contribution >= 0.6 is 11.8 Å². The number of hydrogen-bond donors (Lipinski definition) is 0. The number of aromatic nitrogens is 2. The highest BCUT2D eigenvalue weighted by atomic mass is 32.2. The molecule has 0 amide bonds. The predicted octanol–water partition coefficient (Wildman–Crippen LogP) is 4.19. The predicted molar refractivity (Wildman–Crippen MR) is 116 cm³/mol. The fourth-order valence-corrected chi connectivity index (χ4v) is 4.21. The van der Waals surface area contributed by atoms with Crippen molar-refractivity contribution in [3.63, 3.8) is 0 Å². The second-order valence-corrected chi connectivity index (χ2v) is 8.58. The van der Waals surface area contributed by atoms with Crippen LogP contribution in [0.4, 0.5) is 5.69 Å². The minimum absolute atomic E-state index is 0.0482. The summed E-state index contributed by atoms with van der Waals surface area (Å²) in [6.07, 6.45) is 5.44. The Bertz CT molecular complexity index is 1200. The average molecular weight is 407 g/mol. The largest absolute Gasteiger partial charge is 0.422 e. The van der Waals surface area contributed by atoms with E-state index in [2.05, 4.69) is 41.7 Å². The van der Waals surface area contributed by atoms with Crippen molar-refractivity contribution in [1.82, 2.24) is 9.97 Å². The number of rotatable bonds is 4. The van der Waals surface area contributed by atoms with Crippen LogP contribution < -0.4 is 10.5 Å². The molecule has 148 valence electrons. The van der Waals surface area contributed by atoms with Crippen molar-refractivity contribution in [3.05, 3.63) is 64.3 Å². The molecule has 3 aromatic rings. The van der Waals surface area contributed by atoms with Crippen molar-refractivity contribution in [2.45, 2.75) is 31.5 Å². The molecule has 7 heteroatoms. The smallest absolute Gasteiger partial charge is 0.347 e. The standard InChI is InChI=1S/C22H21N3O3S/c1-13-11-22(2,3)25(4)17-10-19-14(8-15(13)17)9-16(20(27)28-19)18(26)12-29-21-23-6-5-7-24-21/h5-11H,12H2,1-4H3. The number of carbonyl (C=O) groups excluding carboxylic acids is 1. The maximum Gasteiger partial charge on any atom is 0.347 e. The second-order valence-electron chi connectivity index (χ2n) is 7.64. The van der Waals surface area contributed by atoms with Crippen LogP contribution in [0.3, 0.4) is 0 Å². The number of ketones is 1. The van der Waals surface area contributed by atoms with Gasteiger partial charge in [-0.1, -0.05) is 17.8 Å². The lowest BCUT2D eigenvalue weighted by molar-refractivity contribution is 0.101. The van der Waals surface area contributed by atoms with E-state index in [1.165, 1.54) is 11.8 Å². The molecule has 0 N–H and O–H groups in total. The van der Waals surface area contributed by atoms with E-state index in [-0.39, 0.29) is 22.6 Å². The topological polar surface area (TPSA) is 76.3 Å². The molecule has 0 fully saturated rings. The molecule has 0 saturated heterocycles. The van der Waals surface area contributed by atoms with Crippen LogP contribution in [-0.2, 0) is 0 Å². The van der Waals surface area contributed by atoms with Crippen molar-refractivity contribution in [1.29, 1.82) is 0 Å². The Labute approximate surface area is 172 Å². The first-order valence-corrected chi connectivity index (χ1v) is 10.2. The van der Waals surface area contributed by atoms with Crippen LogP contribution in [0.25, 0.3) is 16.5 Å². The number of Topliss-reactive ketones (excluding diaryl/α,β-unsaturated/α-hetero) is 1. The minimum atomic E-state index is -0.623. The Hall–Kier alpha value is -2.93. The molecule has 0 aliphatic carbocycles. The molecular weight excluding hydrogens is 386 g/mol. The van der Waals surface area contributed by atoms with E-state index in [9.17, 15) is 9.59 Å². The molecule has 6 nitrogen and oxygen atoms in total. The number of benzene rings is 1. The Balaban J connectivity index is 1.71. The zero-order valence-corrected chi connectivity index (χ0v) is 17.5. The first kappa shape index (κ1) is 19.4. The molecular formula is C22H21N3O3S. The van der Waals surface area contributed by atoms with E-state index in [4.69, 9.17) is 4.42 Å². The van der Waals surface area contributed by atoms with Gasteiger partial charge in [0, 0.05) is 42.1 Å². The Kier molecular flexibility index (Phi) is 4.78. The summed E-state index contributed by atoms with van der Waals surface area (Å²) in [5, 5.41) is 1.22. The Morgan fingerprint density at radius 1 is 1.21 bits per heavy atom. The van der Waals surface area contributed by atoms with Crippen molar-refractivity contribution in [3.8, 4) is 0 Å². The third-order valence-corrected chi connectivity index (χ3v) is 6.12. The van der Waals surface area contributed by atoms with Crippen LogP contribution in [-0.4, -0.2) is 34.1 Å². The van der Waals surface area contributed by atoms with E-state index in [0.29, 0.717) is 10.7 Å². The molecule has 0 radical (unpaired) electrons. The molecule has 0 unspecified atom stereocenters. The van der Waals surface area contributed by atoms with Crippen LogP contribution in [0.5, 0.6) is 0 Å². The fraction of sp³-hybridized carbons (Fsp3) is 0.273. The first-order chi connectivity index (χ1) is 13.8. The summed E-state index contributed by atoms with van der Waals surface area (Å²) in [6, 6.07) is 7.20. The van der Waals surface area contributed by atoms with Crippen LogP contribution in [0.2, 0.25) is 0 Å². The molecule has 0 spiro atoms. The molecule has 1 aromatic carbocycles. The summed E-state index contributed by atoms with van der Waals surface area (Å²) in [5.41, 5.74) is 2.98. The van der Waals surface area contributed by atoms with Gasteiger partial charge in [-0.2, -0.15) is 0 Å². The minimum Gasteiger partial charge on any atom is -0.422 e. The summed E-state index contributed by atoms with van der Waals surface area (Å²) in [6.45, 7) is 6.34. The van der Waals surface area contributed by atoms with E-state index in [1.807, 2.05) is 19.2 Å². The number of likely N-dealkylation sites (N-methyl/N-ethyl adjacent to an activating group) is 1. The van der Waals surface area contributed by atoms with E-state index < -0.39 is 5.63 Å². The monoisotopic (exact) mass is 407 g/mol. The van der Waals surface area contributed by atoms with Gasteiger partial charge in [0.2, 0.25) is 0 Å². The highest BCUT2D eigenvalue weighted by Crippen LogP contribution is 2.39. The van der Waals surface area contributed by atoms with Gasteiger partial charge in [0.25, 0.3) is 0 Å². The number of hydrogen-bond acceptors (Lipinski definition) is 7. The first-order valence-electron chi connectivity index (χ1n) is 9.25. The molecule has 0 bridgehead atoms. The number of fused-ring (bicyclic) bond motifs is 2. The van der Waals surface area contributed by atoms with E-state index >= 15 is 0 Å². The van der Waals surface area contributed by atoms with Gasteiger partial charge in [0.05, 0.1) is 11.3 Å². The number of allylic oxidation sites excluding steroid dienone is 1. The highest BCUT2D eigenvalue weighted by Gasteiger charge is 2.29. The van der Waals surface area contributed by atoms with Crippen LogP contribution in [0.15, 0.2) is 57.1 Å². The van der Waals surface area contributed by atoms with Crippen molar-refractivity contribution in [2.24, 2.45) is 0 Å². The van der Waals surface area contributed by atoms with Gasteiger partial charge in [-0.05, 0) is 44.5 Å². The SMILES string of the molecule is CC1=CC(C)(C)N(C)c2cc3oc(=O)c(C(=O)CSc4ncccn4)cc3cc21. The molecule has 1 aliphatic rings. The maximum absolute atomic E-state index is 12.6. The number of anilines is 1. The highest BCUT2D eigenvalue weighted by molar-refractivity contribution is 7.99. The lowest BCUT2D eigenvalue weighted by atomic mass is 9.88. The van der Waals surface area contributed by atoms with Gasteiger partial charge in [-0.25, -0.2) is 14.8 Å². The third kappa shape index (κ3) is 3.58. The fourth-order valence-electron chi connectivity index (χ4n) is 3.53. The van der Waals surface area contributed by atoms with Gasteiger partial charge in [-0.3, -0.25) is 4.79 Å². The van der Waals surface area contributed by atoms with E-state index in [0.717, 1.165) is 22.2 Å². The van der Waals surface area contributed by atoms with Crippen LogP contribution in [0, 0.1) is 0 Å². The average Bonchev–Trinajstić information content (AvgIpc) is 2.69. The number of carbonyl (C=O) groups is 1. The molecule has 1 aliphatic heterocycles. The van der Waals surface area contributed by atoms with Crippen molar-refractivity contribution < 1.29 is 9.21 Å². The molecule has 0 saturated carbocycles. The summed E-state index contributed by atoms with van der Waals surface area (Å²) < 4.78 is 5.52. The zero-order valence-electron chi connectivity index (χ0n) is 16.7. The van der Waals surface area contributed by atoms with Gasteiger partial charge in [0.15, 0.2) is 10.9 Å². The zero-order chi connectivity index (χ0) is 20.8. The maximum atomic E-state index is 12.6. The Morgan fingerprint density at radius 3 is 2.66 bits per heavy atom. The molecule has 4 rings (SSSR count). The van der Waals surface area contributed by atoms with Gasteiger partial charge < -0.3 is 9.32 Å². The summed E-state index contributed by atoms with van der Waals surface area (Å²) in [5.74, 6) is -0.234. The van der Waals surface area contributed by atoms with Crippen LogP contribution in [0.1, 0.15) is 36.7 Å². The summed E-state index contributed by atoms with van der Waals surface area (Å²) in [7, 11) is 2.02. The third-order valence-electron chi connectivity index (χ3n) is 5.25. The molecule has 29 heavy (non-hydrogen) atoms. The number of thioether (sulfide) groups is 1. The number of nitrogens with zero attached hydrogens (tertiary/aromatic N) is 3. The molecule has 3 heterocycles. The van der Waals surface area contributed by atoms with Gasteiger partial charge >= 0.3 is 5.63 Å². The quantitative estimate of drug-likeness (QED) is 0.278. The van der Waals surface area contributed by atoms with Gasteiger partial charge in [-0.15, -0.1) is 0 Å². The summed E-state index contributed by atoms with van der Waals surface area (Å²) >= 11 is 1.19.